The Labute approximate surface area is 188 Å². The second kappa shape index (κ2) is 10.9. The Morgan fingerprint density at radius 2 is 1.91 bits per heavy atom. The zero-order valence-electron chi connectivity index (χ0n) is 18.6. The van der Waals surface area contributed by atoms with Crippen LogP contribution in [0.25, 0.3) is 0 Å². The number of benzene rings is 1. The van der Waals surface area contributed by atoms with Crippen LogP contribution in [0.2, 0.25) is 0 Å². The number of nitrogens with zero attached hydrogens (tertiary/aromatic N) is 1. The number of piperidine rings is 1. The normalized spacial score (nSPS) is 26.7. The molecule has 1 saturated carbocycles. The first kappa shape index (κ1) is 24.9. The number of sulfonamides is 1. The molecule has 0 aromatic heterocycles. The van der Waals surface area contributed by atoms with Crippen LogP contribution in [-0.4, -0.2) is 63.5 Å². The number of hydrogen-bond acceptors (Lipinski definition) is 4. The van der Waals surface area contributed by atoms with Gasteiger partial charge >= 0.3 is 6.03 Å². The van der Waals surface area contributed by atoms with E-state index in [1.54, 1.807) is 4.90 Å². The summed E-state index contributed by atoms with van der Waals surface area (Å²) in [4.78, 5) is 14.2. The maximum atomic E-state index is 14.1. The highest BCUT2D eigenvalue weighted by atomic mass is 32.2. The number of carbonyl (C=O) groups is 1. The summed E-state index contributed by atoms with van der Waals surface area (Å²) in [5.74, 6) is -1.06. The van der Waals surface area contributed by atoms with E-state index in [4.69, 9.17) is 4.74 Å². The van der Waals surface area contributed by atoms with E-state index in [1.807, 2.05) is 6.92 Å². The number of rotatable bonds is 7. The summed E-state index contributed by atoms with van der Waals surface area (Å²) in [6.07, 6.45) is 5.30. The molecule has 2 atom stereocenters. The zero-order chi connectivity index (χ0) is 23.3. The van der Waals surface area contributed by atoms with Gasteiger partial charge in [-0.3, -0.25) is 0 Å². The summed E-state index contributed by atoms with van der Waals surface area (Å²) >= 11 is 0. The third-order valence-electron chi connectivity index (χ3n) is 6.31. The molecule has 1 aliphatic heterocycles. The standard InChI is InChI=1S/C22H33F2N3O4S/c1-3-25-22(28)27-12-4-5-20(26-32(2,29)30)21(27)14-31-17-9-6-15(7-10-17)18-11-8-16(23)13-19(18)24/h8,11,13,15,17,20-21,26H,3-7,9-10,12,14H2,1-2H3,(H,25,28)/t15?,17?,20-,21-/m0/s1. The summed E-state index contributed by atoms with van der Waals surface area (Å²) in [6, 6.07) is 2.69. The molecule has 0 radical (unpaired) electrons. The summed E-state index contributed by atoms with van der Waals surface area (Å²) < 4.78 is 59.8. The summed E-state index contributed by atoms with van der Waals surface area (Å²) in [7, 11) is -3.43. The SMILES string of the molecule is CCNC(=O)N1CCC[C@H](NS(C)(=O)=O)[C@@H]1COC1CCC(c2ccc(F)cc2F)CC1. The van der Waals surface area contributed by atoms with Crippen molar-refractivity contribution in [1.29, 1.82) is 0 Å². The molecule has 32 heavy (non-hydrogen) atoms. The maximum Gasteiger partial charge on any atom is 0.317 e. The van der Waals surface area contributed by atoms with Crippen molar-refractivity contribution in [3.63, 3.8) is 0 Å². The lowest BCUT2D eigenvalue weighted by Crippen LogP contribution is -2.60. The Bertz CT molecular complexity index is 891. The fraction of sp³-hybridized carbons (Fsp3) is 0.682. The van der Waals surface area contributed by atoms with Crippen molar-refractivity contribution in [3.8, 4) is 0 Å². The van der Waals surface area contributed by atoms with Gasteiger partial charge in [0.05, 0.1) is 25.0 Å². The quantitative estimate of drug-likeness (QED) is 0.637. The van der Waals surface area contributed by atoms with E-state index in [0.29, 0.717) is 31.5 Å². The Kier molecular flexibility index (Phi) is 8.46. The van der Waals surface area contributed by atoms with Gasteiger partial charge in [0.25, 0.3) is 0 Å². The summed E-state index contributed by atoms with van der Waals surface area (Å²) in [5, 5.41) is 2.79. The second-order valence-corrected chi connectivity index (χ2v) is 10.5. The first-order valence-electron chi connectivity index (χ1n) is 11.3. The molecule has 2 N–H and O–H groups in total. The predicted octanol–water partition coefficient (Wildman–Crippen LogP) is 3.12. The largest absolute Gasteiger partial charge is 0.376 e. The first-order chi connectivity index (χ1) is 15.2. The van der Waals surface area contributed by atoms with E-state index in [-0.39, 0.29) is 24.7 Å². The van der Waals surface area contributed by atoms with E-state index in [0.717, 1.165) is 38.0 Å². The van der Waals surface area contributed by atoms with Crippen molar-refractivity contribution in [3.05, 3.63) is 35.4 Å². The topological polar surface area (TPSA) is 87.7 Å². The van der Waals surface area contributed by atoms with Crippen LogP contribution in [0, 0.1) is 11.6 Å². The number of amides is 2. The summed E-state index contributed by atoms with van der Waals surface area (Å²) in [6.45, 7) is 3.09. The molecule has 1 saturated heterocycles. The zero-order valence-corrected chi connectivity index (χ0v) is 19.5. The highest BCUT2D eigenvalue weighted by molar-refractivity contribution is 7.88. The molecular formula is C22H33F2N3O4S. The molecule has 180 valence electrons. The van der Waals surface area contributed by atoms with Gasteiger partial charge in [0.1, 0.15) is 11.6 Å². The third kappa shape index (κ3) is 6.62. The molecule has 7 nitrogen and oxygen atoms in total. The molecule has 0 bridgehead atoms. The Hall–Kier alpha value is -1.78. The fourth-order valence-electron chi connectivity index (χ4n) is 4.79. The minimum Gasteiger partial charge on any atom is -0.376 e. The Morgan fingerprint density at radius 1 is 1.19 bits per heavy atom. The minimum atomic E-state index is -3.43. The minimum absolute atomic E-state index is 0.0246. The molecule has 1 aromatic rings. The highest BCUT2D eigenvalue weighted by Gasteiger charge is 2.37. The maximum absolute atomic E-state index is 14.1. The van der Waals surface area contributed by atoms with Crippen molar-refractivity contribution in [2.45, 2.75) is 69.6 Å². The van der Waals surface area contributed by atoms with Gasteiger partial charge in [-0.25, -0.2) is 26.7 Å². The van der Waals surface area contributed by atoms with Crippen molar-refractivity contribution in [1.82, 2.24) is 14.9 Å². The number of likely N-dealkylation sites (tertiary alicyclic amines) is 1. The molecule has 2 aliphatic rings. The van der Waals surface area contributed by atoms with Crippen molar-refractivity contribution >= 4 is 16.1 Å². The average molecular weight is 474 g/mol. The van der Waals surface area contributed by atoms with Crippen LogP contribution in [0.15, 0.2) is 18.2 Å². The number of urea groups is 1. The van der Waals surface area contributed by atoms with Crippen molar-refractivity contribution in [2.24, 2.45) is 0 Å². The molecule has 1 heterocycles. The van der Waals surface area contributed by atoms with Crippen molar-refractivity contribution in [2.75, 3.05) is 26.0 Å². The van der Waals surface area contributed by atoms with Gasteiger partial charge in [-0.2, -0.15) is 0 Å². The number of carbonyl (C=O) groups excluding carboxylic acids is 1. The van der Waals surface area contributed by atoms with Crippen LogP contribution >= 0.6 is 0 Å². The van der Waals surface area contributed by atoms with Gasteiger partial charge in [0, 0.05) is 25.2 Å². The molecule has 2 amide bonds. The van der Waals surface area contributed by atoms with Crippen LogP contribution < -0.4 is 10.0 Å². The van der Waals surface area contributed by atoms with Gasteiger partial charge in [-0.1, -0.05) is 6.07 Å². The van der Waals surface area contributed by atoms with Gasteiger partial charge in [-0.05, 0) is 63.0 Å². The lowest BCUT2D eigenvalue weighted by molar-refractivity contribution is -0.0174. The molecule has 10 heteroatoms. The van der Waals surface area contributed by atoms with Crippen molar-refractivity contribution < 1.29 is 26.7 Å². The predicted molar refractivity (Wildman–Crippen MR) is 118 cm³/mol. The fourth-order valence-corrected chi connectivity index (χ4v) is 5.61. The van der Waals surface area contributed by atoms with E-state index in [2.05, 4.69) is 10.0 Å². The number of nitrogens with one attached hydrogen (secondary N) is 2. The van der Waals surface area contributed by atoms with Crippen LogP contribution in [0.4, 0.5) is 13.6 Å². The van der Waals surface area contributed by atoms with Gasteiger partial charge in [0.2, 0.25) is 10.0 Å². The molecule has 1 aliphatic carbocycles. The molecule has 0 unspecified atom stereocenters. The van der Waals surface area contributed by atoms with Crippen LogP contribution in [0.5, 0.6) is 0 Å². The molecular weight excluding hydrogens is 440 g/mol. The monoisotopic (exact) mass is 473 g/mol. The van der Waals surface area contributed by atoms with E-state index >= 15 is 0 Å². The average Bonchev–Trinajstić information content (AvgIpc) is 2.72. The van der Waals surface area contributed by atoms with Gasteiger partial charge in [-0.15, -0.1) is 0 Å². The van der Waals surface area contributed by atoms with E-state index in [9.17, 15) is 22.0 Å². The van der Waals surface area contributed by atoms with Crippen LogP contribution in [0.3, 0.4) is 0 Å². The molecule has 0 spiro atoms. The first-order valence-corrected chi connectivity index (χ1v) is 13.2. The van der Waals surface area contributed by atoms with Crippen LogP contribution in [0.1, 0.15) is 56.9 Å². The lowest BCUT2D eigenvalue weighted by Gasteiger charge is -2.42. The number of ether oxygens (including phenoxy) is 1. The second-order valence-electron chi connectivity index (χ2n) is 8.71. The summed E-state index contributed by atoms with van der Waals surface area (Å²) in [5.41, 5.74) is 0.539. The highest BCUT2D eigenvalue weighted by Crippen LogP contribution is 2.35. The smallest absolute Gasteiger partial charge is 0.317 e. The molecule has 1 aromatic carbocycles. The number of halogens is 2. The van der Waals surface area contributed by atoms with Crippen LogP contribution in [-0.2, 0) is 14.8 Å². The lowest BCUT2D eigenvalue weighted by atomic mass is 9.82. The number of hydrogen-bond donors (Lipinski definition) is 2. The Morgan fingerprint density at radius 3 is 2.53 bits per heavy atom. The Balaban J connectivity index is 1.61. The molecule has 2 fully saturated rings. The third-order valence-corrected chi connectivity index (χ3v) is 7.04. The van der Waals surface area contributed by atoms with E-state index < -0.39 is 33.7 Å². The molecule has 3 rings (SSSR count). The van der Waals surface area contributed by atoms with Gasteiger partial charge in [0.15, 0.2) is 0 Å². The van der Waals surface area contributed by atoms with E-state index in [1.165, 1.54) is 12.1 Å². The van der Waals surface area contributed by atoms with Gasteiger partial charge < -0.3 is 15.0 Å².